The van der Waals surface area contributed by atoms with Crippen molar-refractivity contribution in [1.82, 2.24) is 19.9 Å². The van der Waals surface area contributed by atoms with Crippen LogP contribution in [0.4, 0.5) is 5.13 Å². The third-order valence-electron chi connectivity index (χ3n) is 7.46. The average molecular weight is 698 g/mol. The van der Waals surface area contributed by atoms with E-state index in [0.29, 0.717) is 56.8 Å². The van der Waals surface area contributed by atoms with Gasteiger partial charge in [-0.15, -0.1) is 5.10 Å². The molecule has 6 rings (SSSR count). The van der Waals surface area contributed by atoms with Crippen LogP contribution in [0.5, 0.6) is 23.0 Å². The minimum Gasteiger partial charge on any atom is -0.508 e. The number of benzene rings is 3. The van der Waals surface area contributed by atoms with Gasteiger partial charge in [0.05, 0.1) is 18.4 Å². The molecule has 1 amide bonds. The molecule has 260 valence electrons. The van der Waals surface area contributed by atoms with Gasteiger partial charge in [-0.2, -0.15) is 0 Å². The molecule has 0 aliphatic carbocycles. The summed E-state index contributed by atoms with van der Waals surface area (Å²) in [4.78, 5) is 27.1. The Morgan fingerprint density at radius 2 is 1.70 bits per heavy atom. The maximum Gasteiger partial charge on any atom is 0.231 e. The van der Waals surface area contributed by atoms with Crippen molar-refractivity contribution in [3.63, 3.8) is 0 Å². The van der Waals surface area contributed by atoms with Gasteiger partial charge in [0.15, 0.2) is 5.60 Å². The molecule has 0 spiro atoms. The standard InChI is InChI=1S/C22H20O5.C13H13N5O2S.C2H6/c1-4-6-17(14(5-2)13-23)22(26-3)18-9-7-15(24)11-20(18)27-21-12-16(25)8-10-19(21)22;19-9-14-6-7-18(20)13-16-17-8-11(15-12(17)21-13)10-4-2-1-3-5-10;1-2/h4-13,24-25H,2H2,1,3H3;1-5,8-9,20H,6-7H2,(H,14,19);1-2H3/b6-4-,17-14-;;. The van der Waals surface area contributed by atoms with Gasteiger partial charge >= 0.3 is 0 Å². The van der Waals surface area contributed by atoms with Crippen LogP contribution in [0, 0.1) is 0 Å². The van der Waals surface area contributed by atoms with E-state index in [4.69, 9.17) is 9.47 Å². The van der Waals surface area contributed by atoms with E-state index >= 15 is 0 Å². The Kier molecular flexibility index (Phi) is 12.6. The molecule has 50 heavy (non-hydrogen) atoms. The number of fused-ring (bicyclic) bond motifs is 3. The summed E-state index contributed by atoms with van der Waals surface area (Å²) in [6, 6.07) is 19.2. The smallest absolute Gasteiger partial charge is 0.231 e. The first kappa shape index (κ1) is 37.1. The molecule has 13 heteroatoms. The lowest BCUT2D eigenvalue weighted by atomic mass is 9.75. The first-order chi connectivity index (χ1) is 24.3. The van der Waals surface area contributed by atoms with Crippen LogP contribution < -0.4 is 15.1 Å². The number of hydroxylamine groups is 1. The highest BCUT2D eigenvalue weighted by Crippen LogP contribution is 2.54. The monoisotopic (exact) mass is 697 g/mol. The molecule has 4 N–H and O–H groups in total. The second kappa shape index (κ2) is 17.1. The molecule has 12 nitrogen and oxygen atoms in total. The third kappa shape index (κ3) is 7.60. The zero-order valence-corrected chi connectivity index (χ0v) is 28.9. The summed E-state index contributed by atoms with van der Waals surface area (Å²) in [5, 5.41) is 37.8. The number of ether oxygens (including phenoxy) is 2. The number of imidazole rings is 1. The number of hydrogen-bond acceptors (Lipinski definition) is 11. The van der Waals surface area contributed by atoms with Crippen LogP contribution in [0.3, 0.4) is 0 Å². The van der Waals surface area contributed by atoms with Gasteiger partial charge in [0, 0.05) is 53.6 Å². The molecule has 1 aliphatic rings. The molecule has 0 fully saturated rings. The highest BCUT2D eigenvalue weighted by atomic mass is 32.1. The number of amides is 1. The Balaban J connectivity index is 0.000000220. The van der Waals surface area contributed by atoms with Crippen LogP contribution in [0.1, 0.15) is 31.9 Å². The lowest BCUT2D eigenvalue weighted by Gasteiger charge is -2.40. The summed E-state index contributed by atoms with van der Waals surface area (Å²) >= 11 is 1.28. The van der Waals surface area contributed by atoms with E-state index in [2.05, 4.69) is 22.0 Å². The van der Waals surface area contributed by atoms with E-state index in [9.17, 15) is 25.0 Å². The van der Waals surface area contributed by atoms with Crippen LogP contribution in [-0.2, 0) is 19.9 Å². The highest BCUT2D eigenvalue weighted by molar-refractivity contribution is 7.20. The number of rotatable bonds is 11. The molecule has 5 aromatic rings. The second-order valence-electron chi connectivity index (χ2n) is 10.3. The molecule has 0 unspecified atom stereocenters. The fourth-order valence-electron chi connectivity index (χ4n) is 5.33. The molecule has 0 atom stereocenters. The summed E-state index contributed by atoms with van der Waals surface area (Å²) in [5.74, 6) is 0.786. The predicted octanol–water partition coefficient (Wildman–Crippen LogP) is 6.78. The summed E-state index contributed by atoms with van der Waals surface area (Å²) in [6.07, 6.45) is 8.19. The summed E-state index contributed by atoms with van der Waals surface area (Å²) in [7, 11) is 1.54. The van der Waals surface area contributed by atoms with Crippen LogP contribution in [0.15, 0.2) is 109 Å². The second-order valence-corrected chi connectivity index (χ2v) is 11.3. The maximum absolute atomic E-state index is 11.8. The number of nitrogens with one attached hydrogen (secondary N) is 1. The quantitative estimate of drug-likeness (QED) is 0.0381. The van der Waals surface area contributed by atoms with Crippen LogP contribution in [0.25, 0.3) is 16.2 Å². The van der Waals surface area contributed by atoms with Gasteiger partial charge in [-0.05, 0) is 31.2 Å². The van der Waals surface area contributed by atoms with Crippen LogP contribution in [-0.4, -0.2) is 62.9 Å². The number of anilines is 1. The Labute approximate surface area is 293 Å². The van der Waals surface area contributed by atoms with E-state index in [1.165, 1.54) is 48.8 Å². The minimum absolute atomic E-state index is 0.0262. The Morgan fingerprint density at radius 1 is 1.06 bits per heavy atom. The van der Waals surface area contributed by atoms with Crippen LogP contribution in [0.2, 0.25) is 0 Å². The molecule has 0 bridgehead atoms. The Hall–Kier alpha value is -5.76. The number of carbonyl (C=O) groups is 2. The summed E-state index contributed by atoms with van der Waals surface area (Å²) in [6.45, 7) is 10.2. The molecule has 0 saturated heterocycles. The van der Waals surface area contributed by atoms with E-state index < -0.39 is 5.60 Å². The lowest BCUT2D eigenvalue weighted by Crippen LogP contribution is -2.36. The van der Waals surface area contributed by atoms with Crippen molar-refractivity contribution in [3.8, 4) is 34.3 Å². The van der Waals surface area contributed by atoms with Gasteiger partial charge < -0.3 is 25.0 Å². The van der Waals surface area contributed by atoms with Crippen molar-refractivity contribution in [2.45, 2.75) is 26.4 Å². The Bertz CT molecular complexity index is 1910. The highest BCUT2D eigenvalue weighted by Gasteiger charge is 2.46. The molecule has 3 heterocycles. The van der Waals surface area contributed by atoms with E-state index in [1.54, 1.807) is 28.8 Å². The first-order valence-electron chi connectivity index (χ1n) is 15.7. The third-order valence-corrected chi connectivity index (χ3v) is 8.40. The minimum atomic E-state index is -1.19. The molecule has 3 aromatic carbocycles. The molecule has 1 aliphatic heterocycles. The summed E-state index contributed by atoms with van der Waals surface area (Å²) in [5.41, 5.74) is 2.84. The molecule has 2 aromatic heterocycles. The molecule has 0 saturated carbocycles. The van der Waals surface area contributed by atoms with Crippen molar-refractivity contribution in [3.05, 3.63) is 120 Å². The number of aldehydes is 1. The van der Waals surface area contributed by atoms with Gasteiger partial charge in [0.1, 0.15) is 29.3 Å². The number of aromatic nitrogens is 3. The number of phenolic OH excluding ortho intramolecular Hbond substituents is 2. The zero-order valence-electron chi connectivity index (χ0n) is 28.1. The van der Waals surface area contributed by atoms with E-state index in [0.717, 1.165) is 22.6 Å². The van der Waals surface area contributed by atoms with Gasteiger partial charge in [-0.25, -0.2) is 14.6 Å². The van der Waals surface area contributed by atoms with Crippen molar-refractivity contribution in [1.29, 1.82) is 0 Å². The van der Waals surface area contributed by atoms with Gasteiger partial charge in [0.25, 0.3) is 0 Å². The maximum atomic E-state index is 11.8. The number of allylic oxidation sites excluding steroid dienone is 3. The molecular weight excluding hydrogens is 659 g/mol. The van der Waals surface area contributed by atoms with Crippen molar-refractivity contribution < 1.29 is 34.5 Å². The van der Waals surface area contributed by atoms with Crippen molar-refractivity contribution >= 4 is 34.1 Å². The molecular formula is C37H39N5O7S. The summed E-state index contributed by atoms with van der Waals surface area (Å²) < 4.78 is 13.6. The number of aromatic hydroxyl groups is 2. The van der Waals surface area contributed by atoms with Gasteiger partial charge in [-0.1, -0.05) is 80.3 Å². The van der Waals surface area contributed by atoms with Gasteiger partial charge in [-0.3, -0.25) is 14.8 Å². The SMILES string of the molecule is C=C/C(C=O)=C(\C=C/C)C1(OC)c2ccc(O)cc2Oc2cc(O)ccc21.CC.O=CNCCN(O)c1nn2cc(-c3ccccc3)nc2s1. The number of methoxy groups -OCH3 is 1. The van der Waals surface area contributed by atoms with Crippen molar-refractivity contribution in [2.24, 2.45) is 0 Å². The number of nitrogens with zero attached hydrogens (tertiary/aromatic N) is 4. The molecule has 0 radical (unpaired) electrons. The zero-order chi connectivity index (χ0) is 36.3. The topological polar surface area (TPSA) is 159 Å². The van der Waals surface area contributed by atoms with E-state index in [-0.39, 0.29) is 18.0 Å². The van der Waals surface area contributed by atoms with Crippen molar-refractivity contribution in [2.75, 3.05) is 25.3 Å². The Morgan fingerprint density at radius 3 is 2.22 bits per heavy atom. The van der Waals surface area contributed by atoms with E-state index in [1.807, 2.05) is 57.3 Å². The van der Waals surface area contributed by atoms with Crippen LogP contribution >= 0.6 is 11.3 Å². The number of phenols is 2. The fourth-order valence-corrected chi connectivity index (χ4v) is 6.15. The lowest BCUT2D eigenvalue weighted by molar-refractivity contribution is -0.109. The van der Waals surface area contributed by atoms with Gasteiger partial charge in [0.2, 0.25) is 16.5 Å². The first-order valence-corrected chi connectivity index (χ1v) is 16.5. The normalized spacial score (nSPS) is 12.9. The number of hydrogen-bond donors (Lipinski definition) is 4. The largest absolute Gasteiger partial charge is 0.508 e. The predicted molar refractivity (Wildman–Crippen MR) is 193 cm³/mol. The number of carbonyl (C=O) groups excluding carboxylic acids is 2. The average Bonchev–Trinajstić information content (AvgIpc) is 3.73. The fraction of sp³-hybridized carbons (Fsp3) is 0.189.